The minimum absolute atomic E-state index is 0.236. The minimum Gasteiger partial charge on any atom is -0.474 e. The number of nitrogens with one attached hydrogen (secondary N) is 1. The van der Waals surface area contributed by atoms with Crippen LogP contribution in [0.1, 0.15) is 5.56 Å². The third-order valence-corrected chi connectivity index (χ3v) is 2.55. The Morgan fingerprint density at radius 2 is 1.93 bits per heavy atom. The van der Waals surface area contributed by atoms with Crippen LogP contribution in [-0.4, -0.2) is 23.2 Å². The van der Waals surface area contributed by atoms with Crippen LogP contribution < -0.4 is 5.32 Å². The fourth-order valence-corrected chi connectivity index (χ4v) is 1.41. The molecule has 80 valence electrons. The van der Waals surface area contributed by atoms with Crippen LogP contribution >= 0.6 is 11.8 Å². The standard InChI is InChI=1S/C10H11NO3S/c1-15-8-4-2-7(3-5-8)6-11-9(12)10(13)14/h2-5H,6H2,1H3,(H,11,12)(H,13,14). The van der Waals surface area contributed by atoms with Gasteiger partial charge in [0.15, 0.2) is 0 Å². The lowest BCUT2D eigenvalue weighted by molar-refractivity contribution is -0.150. The molecule has 1 aromatic carbocycles. The SMILES string of the molecule is CSc1ccc(CNC(=O)C(=O)O)cc1. The Bertz CT molecular complexity index is 361. The maximum atomic E-state index is 10.7. The summed E-state index contributed by atoms with van der Waals surface area (Å²) >= 11 is 1.63. The molecule has 0 saturated heterocycles. The fraction of sp³-hybridized carbons (Fsp3) is 0.200. The number of carbonyl (C=O) groups is 2. The first kappa shape index (κ1) is 11.6. The molecular formula is C10H11NO3S. The van der Waals surface area contributed by atoms with E-state index in [9.17, 15) is 9.59 Å². The van der Waals surface area contributed by atoms with Gasteiger partial charge in [0.2, 0.25) is 0 Å². The molecular weight excluding hydrogens is 214 g/mol. The number of hydrogen-bond donors (Lipinski definition) is 2. The smallest absolute Gasteiger partial charge is 0.394 e. The molecule has 0 atom stereocenters. The van der Waals surface area contributed by atoms with Gasteiger partial charge in [-0.05, 0) is 24.0 Å². The molecule has 0 aliphatic heterocycles. The molecule has 0 spiro atoms. The topological polar surface area (TPSA) is 66.4 Å². The van der Waals surface area contributed by atoms with E-state index in [0.29, 0.717) is 0 Å². The van der Waals surface area contributed by atoms with Crippen LogP contribution in [0.5, 0.6) is 0 Å². The largest absolute Gasteiger partial charge is 0.474 e. The maximum Gasteiger partial charge on any atom is 0.394 e. The third kappa shape index (κ3) is 3.63. The van der Waals surface area contributed by atoms with Crippen LogP contribution in [0.3, 0.4) is 0 Å². The predicted octanol–water partition coefficient (Wildman–Crippen LogP) is 1.11. The van der Waals surface area contributed by atoms with Crippen molar-refractivity contribution in [2.75, 3.05) is 6.26 Å². The van der Waals surface area contributed by atoms with Gasteiger partial charge in [0.25, 0.3) is 0 Å². The molecule has 0 fully saturated rings. The Balaban J connectivity index is 2.51. The van der Waals surface area contributed by atoms with Crippen LogP contribution in [0.4, 0.5) is 0 Å². The molecule has 2 N–H and O–H groups in total. The van der Waals surface area contributed by atoms with E-state index >= 15 is 0 Å². The highest BCUT2D eigenvalue weighted by Gasteiger charge is 2.09. The Hall–Kier alpha value is -1.49. The van der Waals surface area contributed by atoms with E-state index in [1.165, 1.54) is 0 Å². The Morgan fingerprint density at radius 3 is 2.40 bits per heavy atom. The van der Waals surface area contributed by atoms with Gasteiger partial charge in [-0.15, -0.1) is 11.8 Å². The average Bonchev–Trinajstić information content (AvgIpc) is 2.26. The second-order valence-electron chi connectivity index (χ2n) is 2.84. The summed E-state index contributed by atoms with van der Waals surface area (Å²) in [7, 11) is 0. The summed E-state index contributed by atoms with van der Waals surface area (Å²) in [4.78, 5) is 22.1. The zero-order chi connectivity index (χ0) is 11.3. The molecule has 0 radical (unpaired) electrons. The number of thioether (sulfide) groups is 1. The quantitative estimate of drug-likeness (QED) is 0.597. The predicted molar refractivity (Wildman–Crippen MR) is 57.7 cm³/mol. The average molecular weight is 225 g/mol. The highest BCUT2D eigenvalue weighted by atomic mass is 32.2. The van der Waals surface area contributed by atoms with Gasteiger partial charge in [-0.3, -0.25) is 4.79 Å². The highest BCUT2D eigenvalue weighted by molar-refractivity contribution is 7.98. The Labute approximate surface area is 91.7 Å². The Morgan fingerprint density at radius 1 is 1.33 bits per heavy atom. The van der Waals surface area contributed by atoms with E-state index in [4.69, 9.17) is 5.11 Å². The van der Waals surface area contributed by atoms with Gasteiger partial charge in [-0.1, -0.05) is 12.1 Å². The van der Waals surface area contributed by atoms with E-state index in [-0.39, 0.29) is 6.54 Å². The van der Waals surface area contributed by atoms with E-state index in [2.05, 4.69) is 5.32 Å². The molecule has 0 bridgehead atoms. The first-order valence-corrected chi connectivity index (χ1v) is 5.50. The number of rotatable bonds is 3. The second-order valence-corrected chi connectivity index (χ2v) is 3.72. The molecule has 1 aromatic rings. The van der Waals surface area contributed by atoms with Crippen molar-refractivity contribution in [3.05, 3.63) is 29.8 Å². The van der Waals surface area contributed by atoms with Gasteiger partial charge >= 0.3 is 11.9 Å². The van der Waals surface area contributed by atoms with E-state index in [1.54, 1.807) is 11.8 Å². The van der Waals surface area contributed by atoms with Gasteiger partial charge < -0.3 is 10.4 Å². The molecule has 0 unspecified atom stereocenters. The minimum atomic E-state index is -1.46. The molecule has 0 aliphatic rings. The maximum absolute atomic E-state index is 10.7. The molecule has 4 nitrogen and oxygen atoms in total. The van der Waals surface area contributed by atoms with Crippen LogP contribution in [0.2, 0.25) is 0 Å². The normalized spacial score (nSPS) is 9.67. The van der Waals surface area contributed by atoms with Crippen molar-refractivity contribution >= 4 is 23.6 Å². The van der Waals surface area contributed by atoms with Crippen molar-refractivity contribution in [2.24, 2.45) is 0 Å². The number of carbonyl (C=O) groups excluding carboxylic acids is 1. The van der Waals surface area contributed by atoms with Gasteiger partial charge in [-0.25, -0.2) is 4.79 Å². The molecule has 15 heavy (non-hydrogen) atoms. The summed E-state index contributed by atoms with van der Waals surface area (Å²) in [6.07, 6.45) is 1.97. The third-order valence-electron chi connectivity index (χ3n) is 1.81. The van der Waals surface area contributed by atoms with Crippen LogP contribution in [0.25, 0.3) is 0 Å². The monoisotopic (exact) mass is 225 g/mol. The number of benzene rings is 1. The number of carboxylic acids is 1. The molecule has 1 amide bonds. The van der Waals surface area contributed by atoms with Crippen molar-refractivity contribution in [1.29, 1.82) is 0 Å². The Kier molecular flexibility index (Phi) is 4.17. The lowest BCUT2D eigenvalue weighted by Crippen LogP contribution is -2.29. The molecule has 0 aromatic heterocycles. The highest BCUT2D eigenvalue weighted by Crippen LogP contribution is 2.14. The van der Waals surface area contributed by atoms with Crippen LogP contribution in [-0.2, 0) is 16.1 Å². The summed E-state index contributed by atoms with van der Waals surface area (Å²) in [5, 5.41) is 10.6. The van der Waals surface area contributed by atoms with E-state index in [1.807, 2.05) is 30.5 Å². The summed E-state index contributed by atoms with van der Waals surface area (Å²) in [6, 6.07) is 7.56. The number of aliphatic carboxylic acids is 1. The fourth-order valence-electron chi connectivity index (χ4n) is 1.00. The van der Waals surface area contributed by atoms with Crippen molar-refractivity contribution in [3.8, 4) is 0 Å². The van der Waals surface area contributed by atoms with Crippen molar-refractivity contribution in [3.63, 3.8) is 0 Å². The van der Waals surface area contributed by atoms with E-state index < -0.39 is 11.9 Å². The van der Waals surface area contributed by atoms with Crippen molar-refractivity contribution in [1.82, 2.24) is 5.32 Å². The van der Waals surface area contributed by atoms with Crippen molar-refractivity contribution < 1.29 is 14.7 Å². The van der Waals surface area contributed by atoms with Gasteiger partial charge in [0.05, 0.1) is 0 Å². The molecule has 0 saturated carbocycles. The summed E-state index contributed by atoms with van der Waals surface area (Å²) in [5.74, 6) is -2.44. The lowest BCUT2D eigenvalue weighted by Gasteiger charge is -2.03. The lowest BCUT2D eigenvalue weighted by atomic mass is 10.2. The number of hydrogen-bond acceptors (Lipinski definition) is 3. The molecule has 5 heteroatoms. The van der Waals surface area contributed by atoms with E-state index in [0.717, 1.165) is 10.5 Å². The van der Waals surface area contributed by atoms with Gasteiger partial charge in [-0.2, -0.15) is 0 Å². The van der Waals surface area contributed by atoms with Gasteiger partial charge in [0, 0.05) is 11.4 Å². The molecule has 0 heterocycles. The summed E-state index contributed by atoms with van der Waals surface area (Å²) < 4.78 is 0. The number of amides is 1. The first-order valence-electron chi connectivity index (χ1n) is 4.27. The molecule has 0 aliphatic carbocycles. The zero-order valence-corrected chi connectivity index (χ0v) is 9.00. The molecule has 1 rings (SSSR count). The first-order chi connectivity index (χ1) is 7.13. The summed E-state index contributed by atoms with van der Waals surface area (Å²) in [5.41, 5.74) is 0.877. The second kappa shape index (κ2) is 5.41. The summed E-state index contributed by atoms with van der Waals surface area (Å²) in [6.45, 7) is 0.236. The van der Waals surface area contributed by atoms with Crippen LogP contribution in [0, 0.1) is 0 Å². The van der Waals surface area contributed by atoms with Crippen molar-refractivity contribution in [2.45, 2.75) is 11.4 Å². The zero-order valence-electron chi connectivity index (χ0n) is 8.19. The van der Waals surface area contributed by atoms with Crippen LogP contribution in [0.15, 0.2) is 29.2 Å². The number of carboxylic acid groups (broad SMARTS) is 1. The van der Waals surface area contributed by atoms with Gasteiger partial charge in [0.1, 0.15) is 0 Å².